The largest absolute Gasteiger partial charge is 0.504 e. The Morgan fingerprint density at radius 1 is 1.39 bits per heavy atom. The number of carbonyl (C=O) groups excluding carboxylic acids is 1. The lowest BCUT2D eigenvalue weighted by Gasteiger charge is -2.64. The Bertz CT molecular complexity index is 747. The van der Waals surface area contributed by atoms with Crippen molar-refractivity contribution in [2.45, 2.75) is 49.3 Å². The van der Waals surface area contributed by atoms with Gasteiger partial charge in [0, 0.05) is 24.6 Å². The van der Waals surface area contributed by atoms with E-state index in [-0.39, 0.29) is 23.5 Å². The van der Waals surface area contributed by atoms with Crippen LogP contribution in [0.25, 0.3) is 0 Å². The third-order valence-corrected chi connectivity index (χ3v) is 6.88. The molecule has 2 aliphatic carbocycles. The van der Waals surface area contributed by atoms with Gasteiger partial charge in [-0.25, -0.2) is 0 Å². The summed E-state index contributed by atoms with van der Waals surface area (Å²) in [5.41, 5.74) is 0.295. The van der Waals surface area contributed by atoms with Crippen LogP contribution in [0.2, 0.25) is 0 Å². The third-order valence-electron chi connectivity index (χ3n) is 6.88. The number of hydrogen-bond donors (Lipinski definition) is 2. The van der Waals surface area contributed by atoms with Crippen LogP contribution in [0.15, 0.2) is 12.1 Å². The number of phenolic OH excluding ortho intramolecular Hbond substituents is 1. The molecule has 2 N–H and O–H groups in total. The van der Waals surface area contributed by atoms with Gasteiger partial charge in [-0.05, 0) is 37.4 Å². The van der Waals surface area contributed by atoms with Gasteiger partial charge < -0.3 is 14.9 Å². The van der Waals surface area contributed by atoms with Crippen LogP contribution >= 0.6 is 0 Å². The maximum absolute atomic E-state index is 12.7. The molecule has 0 amide bonds. The van der Waals surface area contributed by atoms with Gasteiger partial charge in [-0.3, -0.25) is 9.69 Å². The fraction of sp³-hybridized carbons (Fsp3) is 0.611. The normalized spacial score (nSPS) is 44.0. The van der Waals surface area contributed by atoms with E-state index in [9.17, 15) is 15.0 Å². The molecule has 1 spiro atoms. The quantitative estimate of drug-likeness (QED) is 0.747. The molecule has 0 aromatic heterocycles. The monoisotopic (exact) mass is 315 g/mol. The summed E-state index contributed by atoms with van der Waals surface area (Å²) in [6.07, 6.45) is 0.868. The average Bonchev–Trinajstić information content (AvgIpc) is 2.88. The Labute approximate surface area is 134 Å². The summed E-state index contributed by atoms with van der Waals surface area (Å²) in [6, 6.07) is 3.57. The van der Waals surface area contributed by atoms with Crippen molar-refractivity contribution in [1.82, 2.24) is 4.90 Å². The first kappa shape index (κ1) is 13.8. The van der Waals surface area contributed by atoms with E-state index in [1.165, 1.54) is 0 Å². The lowest BCUT2D eigenvalue weighted by molar-refractivity contribution is -0.201. The lowest BCUT2D eigenvalue weighted by atomic mass is 9.46. The molecule has 23 heavy (non-hydrogen) atoms. The van der Waals surface area contributed by atoms with E-state index in [1.807, 2.05) is 6.07 Å². The highest BCUT2D eigenvalue weighted by atomic mass is 16.5. The lowest BCUT2D eigenvalue weighted by Crippen LogP contribution is -2.78. The minimum atomic E-state index is -0.982. The summed E-state index contributed by atoms with van der Waals surface area (Å²) in [4.78, 5) is 14.9. The number of rotatable bonds is 0. The molecule has 5 rings (SSSR count). The Kier molecular flexibility index (Phi) is 2.34. The van der Waals surface area contributed by atoms with Crippen LogP contribution in [-0.2, 0) is 16.6 Å². The van der Waals surface area contributed by atoms with E-state index in [0.29, 0.717) is 18.6 Å². The molecule has 2 fully saturated rings. The molecule has 5 heteroatoms. The van der Waals surface area contributed by atoms with Gasteiger partial charge in [0.1, 0.15) is 0 Å². The predicted octanol–water partition coefficient (Wildman–Crippen LogP) is 0.991. The number of Topliss-reactive ketones (excluding diaryl/α,β-unsaturated/α-hetero) is 1. The summed E-state index contributed by atoms with van der Waals surface area (Å²) in [6.45, 7) is 2.91. The molecule has 5 nitrogen and oxygen atoms in total. The zero-order chi connectivity index (χ0) is 16.1. The second-order valence-electron chi connectivity index (χ2n) is 7.77. The minimum absolute atomic E-state index is 0.0131. The maximum atomic E-state index is 12.7. The number of piperidine rings is 1. The smallest absolute Gasteiger partial charge is 0.174 e. The zero-order valence-electron chi connectivity index (χ0n) is 13.4. The molecule has 5 atom stereocenters. The van der Waals surface area contributed by atoms with Gasteiger partial charge in [0.25, 0.3) is 0 Å². The van der Waals surface area contributed by atoms with Crippen LogP contribution < -0.4 is 4.74 Å². The average molecular weight is 315 g/mol. The molecule has 1 aromatic rings. The van der Waals surface area contributed by atoms with Crippen molar-refractivity contribution in [2.75, 3.05) is 13.6 Å². The van der Waals surface area contributed by atoms with Crippen LogP contribution in [-0.4, -0.2) is 52.2 Å². The number of nitrogens with zero attached hydrogens (tertiary/aromatic N) is 1. The molecule has 2 aliphatic heterocycles. The van der Waals surface area contributed by atoms with Crippen molar-refractivity contribution in [3.05, 3.63) is 23.3 Å². The molecule has 2 heterocycles. The van der Waals surface area contributed by atoms with E-state index >= 15 is 0 Å². The van der Waals surface area contributed by atoms with Crippen molar-refractivity contribution in [3.8, 4) is 11.5 Å². The van der Waals surface area contributed by atoms with Crippen LogP contribution in [0, 0.1) is 5.92 Å². The molecule has 0 radical (unpaired) electrons. The van der Waals surface area contributed by atoms with Gasteiger partial charge in [0.2, 0.25) is 0 Å². The summed E-state index contributed by atoms with van der Waals surface area (Å²) in [5, 5.41) is 22.1. The fourth-order valence-electron chi connectivity index (χ4n) is 6.09. The van der Waals surface area contributed by atoms with Gasteiger partial charge >= 0.3 is 0 Å². The van der Waals surface area contributed by atoms with Gasteiger partial charge in [-0.1, -0.05) is 13.0 Å². The highest BCUT2D eigenvalue weighted by Crippen LogP contribution is 2.66. The number of ketones is 1. The van der Waals surface area contributed by atoms with Crippen molar-refractivity contribution in [2.24, 2.45) is 5.92 Å². The number of aromatic hydroxyl groups is 1. The number of hydrogen-bond acceptors (Lipinski definition) is 5. The molecule has 1 saturated carbocycles. The van der Waals surface area contributed by atoms with Crippen molar-refractivity contribution in [3.63, 3.8) is 0 Å². The summed E-state index contributed by atoms with van der Waals surface area (Å²) in [5.74, 6) is 0.627. The van der Waals surface area contributed by atoms with E-state index in [0.717, 1.165) is 24.1 Å². The van der Waals surface area contributed by atoms with E-state index in [2.05, 4.69) is 18.9 Å². The molecule has 4 aliphatic rings. The predicted molar refractivity (Wildman–Crippen MR) is 82.7 cm³/mol. The fourth-order valence-corrected chi connectivity index (χ4v) is 6.09. The van der Waals surface area contributed by atoms with Crippen LogP contribution in [0.3, 0.4) is 0 Å². The number of carbonyl (C=O) groups is 1. The highest BCUT2D eigenvalue weighted by Gasteiger charge is 2.75. The number of benzene rings is 1. The first-order valence-electron chi connectivity index (χ1n) is 8.38. The van der Waals surface area contributed by atoms with E-state index < -0.39 is 17.1 Å². The summed E-state index contributed by atoms with van der Waals surface area (Å²) >= 11 is 0. The molecule has 1 unspecified atom stereocenters. The van der Waals surface area contributed by atoms with E-state index in [4.69, 9.17) is 4.74 Å². The van der Waals surface area contributed by atoms with Crippen LogP contribution in [0.4, 0.5) is 0 Å². The Morgan fingerprint density at radius 2 is 2.17 bits per heavy atom. The van der Waals surface area contributed by atoms with Crippen molar-refractivity contribution >= 4 is 5.78 Å². The van der Waals surface area contributed by atoms with Crippen molar-refractivity contribution < 1.29 is 19.7 Å². The third kappa shape index (κ3) is 1.25. The Morgan fingerprint density at radius 3 is 2.96 bits per heavy atom. The maximum Gasteiger partial charge on any atom is 0.174 e. The number of phenols is 1. The topological polar surface area (TPSA) is 70.0 Å². The molecule has 2 bridgehead atoms. The summed E-state index contributed by atoms with van der Waals surface area (Å²) < 4.78 is 6.01. The van der Waals surface area contributed by atoms with Gasteiger partial charge in [-0.2, -0.15) is 0 Å². The van der Waals surface area contributed by atoms with Gasteiger partial charge in [0.05, 0.1) is 11.0 Å². The zero-order valence-corrected chi connectivity index (χ0v) is 13.4. The first-order valence-corrected chi connectivity index (χ1v) is 8.38. The Hall–Kier alpha value is -1.59. The number of ether oxygens (including phenoxy) is 1. The van der Waals surface area contributed by atoms with Crippen LogP contribution in [0.5, 0.6) is 11.5 Å². The van der Waals surface area contributed by atoms with Gasteiger partial charge in [0.15, 0.2) is 23.4 Å². The molecule has 1 saturated heterocycles. The van der Waals surface area contributed by atoms with E-state index in [1.54, 1.807) is 6.07 Å². The molecular formula is C18H21NO4. The number of likely N-dealkylation sites (N-methyl/N-ethyl adjacent to an activating group) is 1. The molecule has 1 aromatic carbocycles. The first-order chi connectivity index (χ1) is 10.9. The number of likely N-dealkylation sites (tertiary alicyclic amines) is 1. The van der Waals surface area contributed by atoms with Gasteiger partial charge in [-0.15, -0.1) is 0 Å². The molecular weight excluding hydrogens is 294 g/mol. The Balaban J connectivity index is 1.91. The van der Waals surface area contributed by atoms with Crippen LogP contribution in [0.1, 0.15) is 30.9 Å². The summed E-state index contributed by atoms with van der Waals surface area (Å²) in [7, 11) is 2.06. The number of aliphatic hydroxyl groups is 1. The second kappa shape index (κ2) is 3.90. The highest BCUT2D eigenvalue weighted by molar-refractivity contribution is 5.90. The second-order valence-corrected chi connectivity index (χ2v) is 7.77. The standard InChI is InChI=1S/C18H21NO4/c1-9-8-19(2)13-7-10-3-4-11(20)15-14(10)18(9)16(23-15)12(21)5-6-17(13,18)22/h3-4,9,13,16,20,22H,5-8H2,1-2H3/t9-,13+,16-,17?,18-/m0/s1. The molecule has 122 valence electrons. The minimum Gasteiger partial charge on any atom is -0.504 e. The van der Waals surface area contributed by atoms with Crippen molar-refractivity contribution in [1.29, 1.82) is 0 Å². The SMILES string of the molecule is C[C@H]1CN(C)[C@@H]2Cc3ccc(O)c4c3[C@]13[C@@H](O4)C(=O)CCC23O.